The number of rotatable bonds is 14. The number of anilines is 3. The number of aromatic nitrogens is 1. The molecule has 1 saturated heterocycles. The van der Waals surface area contributed by atoms with Gasteiger partial charge in [-0.05, 0) is 104 Å². The van der Waals surface area contributed by atoms with Crippen LogP contribution < -0.4 is 25.9 Å². The summed E-state index contributed by atoms with van der Waals surface area (Å²) in [6, 6.07) is 28.2. The quantitative estimate of drug-likeness (QED) is 0.0465. The van der Waals surface area contributed by atoms with Gasteiger partial charge in [-0.2, -0.15) is 13.2 Å². The van der Waals surface area contributed by atoms with Crippen molar-refractivity contribution in [3.05, 3.63) is 148 Å². The number of ketones is 1. The fraction of sp³-hybridized carbons (Fsp3) is 0.245. The van der Waals surface area contributed by atoms with Crippen molar-refractivity contribution in [1.29, 1.82) is 0 Å². The number of alkyl halides is 3. The van der Waals surface area contributed by atoms with Crippen molar-refractivity contribution in [3.8, 4) is 39.5 Å². The zero-order valence-corrected chi connectivity index (χ0v) is 37.1. The number of carbonyl (C=O) groups is 4. The first-order chi connectivity index (χ1) is 33.2. The van der Waals surface area contributed by atoms with Crippen molar-refractivity contribution in [3.63, 3.8) is 0 Å². The lowest BCUT2D eigenvalue weighted by Gasteiger charge is -2.45. The second kappa shape index (κ2) is 19.3. The van der Waals surface area contributed by atoms with E-state index >= 15 is 0 Å². The molecule has 3 aliphatic heterocycles. The lowest BCUT2D eigenvalue weighted by atomic mass is 9.89. The van der Waals surface area contributed by atoms with Crippen LogP contribution in [-0.4, -0.2) is 58.0 Å². The zero-order chi connectivity index (χ0) is 48.4. The second-order valence-corrected chi connectivity index (χ2v) is 17.4. The number of carboxylic acids is 1. The third-order valence-corrected chi connectivity index (χ3v) is 12.7. The Kier molecular flexibility index (Phi) is 12.9. The predicted octanol–water partition coefficient (Wildman–Crippen LogP) is 10.9. The second-order valence-electron chi connectivity index (χ2n) is 17.4. The van der Waals surface area contributed by atoms with Gasteiger partial charge < -0.3 is 30.2 Å². The number of amides is 3. The Labute approximate surface area is 393 Å². The number of hydrogen-bond donors (Lipinski definition) is 4. The van der Waals surface area contributed by atoms with Gasteiger partial charge in [0.15, 0.2) is 17.0 Å². The molecule has 69 heavy (non-hydrogen) atoms. The van der Waals surface area contributed by atoms with Crippen molar-refractivity contribution in [1.82, 2.24) is 10.3 Å². The largest absolute Gasteiger partial charge is 0.508 e. The van der Waals surface area contributed by atoms with Crippen LogP contribution in [0.3, 0.4) is 0 Å². The number of nitrogens with one attached hydrogen (secondary N) is 2. The standard InChI is InChI=1S/C53H46F3N5O8/c54-53(55,56)34-8-5-7-32(25-34)43-22-23-44-50(59-43)61(36-9-6-24-60(44)30-36)52(68)58-35-15-12-31(13-16-35)29-57-48(65)11-4-2-1-3-10-45(64)33-14-19-39(42(26-33)51(66)67)49-40-20-17-37(62)27-46(40)69-47-28-38(63)18-21-41(47)49/h5,7-8,12-23,25-28,36,62H,1-4,6,9-11,24,29-30H2,(H,57,65)(H,58,68)(H,66,67)/t36-/m0/s1. The molecule has 4 aliphatic rings. The van der Waals surface area contributed by atoms with E-state index in [4.69, 9.17) is 9.40 Å². The number of urea groups is 1. The molecule has 4 aromatic carbocycles. The zero-order valence-electron chi connectivity index (χ0n) is 37.1. The van der Waals surface area contributed by atoms with Gasteiger partial charge in [0, 0.05) is 77.9 Å². The van der Waals surface area contributed by atoms with Crippen LogP contribution in [0.5, 0.6) is 5.75 Å². The molecule has 352 valence electrons. The van der Waals surface area contributed by atoms with E-state index in [1.807, 2.05) is 6.07 Å². The van der Waals surface area contributed by atoms with Crippen LogP contribution in [0.25, 0.3) is 44.7 Å². The van der Waals surface area contributed by atoms with Gasteiger partial charge in [-0.15, -0.1) is 0 Å². The molecule has 5 aromatic rings. The Morgan fingerprint density at radius 1 is 0.826 bits per heavy atom. The predicted molar refractivity (Wildman–Crippen MR) is 255 cm³/mol. The van der Waals surface area contributed by atoms with Crippen molar-refractivity contribution in [2.24, 2.45) is 0 Å². The van der Waals surface area contributed by atoms with Gasteiger partial charge >= 0.3 is 18.2 Å². The molecule has 0 radical (unpaired) electrons. The average Bonchev–Trinajstić information content (AvgIpc) is 3.33. The molecule has 9 rings (SSSR count). The summed E-state index contributed by atoms with van der Waals surface area (Å²) in [7, 11) is 0. The van der Waals surface area contributed by atoms with Crippen LogP contribution in [-0.2, 0) is 17.5 Å². The maximum absolute atomic E-state index is 13.9. The van der Waals surface area contributed by atoms with E-state index in [1.165, 1.54) is 36.4 Å². The van der Waals surface area contributed by atoms with E-state index in [0.717, 1.165) is 42.8 Å². The number of piperidine rings is 1. The number of pyridine rings is 1. The third kappa shape index (κ3) is 10.0. The molecule has 1 fully saturated rings. The highest BCUT2D eigenvalue weighted by Gasteiger charge is 2.39. The highest BCUT2D eigenvalue weighted by atomic mass is 19.4. The summed E-state index contributed by atoms with van der Waals surface area (Å²) in [4.78, 5) is 73.1. The molecule has 4 N–H and O–H groups in total. The summed E-state index contributed by atoms with van der Waals surface area (Å²) in [6.45, 7) is 1.67. The van der Waals surface area contributed by atoms with E-state index in [2.05, 4.69) is 15.5 Å². The van der Waals surface area contributed by atoms with Crippen LogP contribution in [0.15, 0.2) is 124 Å². The van der Waals surface area contributed by atoms with Gasteiger partial charge in [0.25, 0.3) is 0 Å². The van der Waals surface area contributed by atoms with Crippen LogP contribution in [0.1, 0.15) is 83.2 Å². The van der Waals surface area contributed by atoms with Gasteiger partial charge in [-0.25, -0.2) is 14.6 Å². The first-order valence-electron chi connectivity index (χ1n) is 22.7. The van der Waals surface area contributed by atoms with Gasteiger partial charge in [0.1, 0.15) is 17.1 Å². The number of carbonyl (C=O) groups excluding carboxylic acids is 3. The first-order valence-corrected chi connectivity index (χ1v) is 22.7. The van der Waals surface area contributed by atoms with Crippen molar-refractivity contribution >= 4 is 51.9 Å². The lowest BCUT2D eigenvalue weighted by molar-refractivity contribution is -0.137. The van der Waals surface area contributed by atoms with E-state index < -0.39 is 23.7 Å². The van der Waals surface area contributed by atoms with Gasteiger partial charge in [0.2, 0.25) is 5.91 Å². The molecule has 4 heterocycles. The number of halogens is 3. The van der Waals surface area contributed by atoms with Crippen LogP contribution in [0.2, 0.25) is 0 Å². The summed E-state index contributed by atoms with van der Waals surface area (Å²) >= 11 is 0. The minimum Gasteiger partial charge on any atom is -0.508 e. The van der Waals surface area contributed by atoms with Crippen LogP contribution >= 0.6 is 0 Å². The smallest absolute Gasteiger partial charge is 0.416 e. The SMILES string of the molecule is O=C(CCCCCCC(=O)c1ccc(-c2c3ccc(=O)cc-3oc3cc(O)ccc23)c(C(=O)O)c1)NCc1ccc(NC(=O)N2c3nc(-c4cccc(C(F)(F)F)c4)ccc3N3CCC[C@H]2C3)cc1. The molecular weight excluding hydrogens is 892 g/mol. The number of nitrogens with zero attached hydrogens (tertiary/aromatic N) is 3. The highest BCUT2D eigenvalue weighted by molar-refractivity contribution is 6.09. The van der Waals surface area contributed by atoms with E-state index in [-0.39, 0.29) is 70.8 Å². The van der Waals surface area contributed by atoms with E-state index in [9.17, 15) is 47.4 Å². The summed E-state index contributed by atoms with van der Waals surface area (Å²) < 4.78 is 46.4. The average molecular weight is 938 g/mol. The summed E-state index contributed by atoms with van der Waals surface area (Å²) in [6.07, 6.45) is 0.124. The van der Waals surface area contributed by atoms with Gasteiger partial charge in [-0.1, -0.05) is 49.2 Å². The number of fused-ring (bicyclic) bond motifs is 6. The number of benzene rings is 5. The Morgan fingerprint density at radius 2 is 1.61 bits per heavy atom. The fourth-order valence-electron chi connectivity index (χ4n) is 9.21. The highest BCUT2D eigenvalue weighted by Crippen LogP contribution is 2.43. The number of phenols is 1. The molecule has 16 heteroatoms. The number of aromatic hydroxyl groups is 1. The monoisotopic (exact) mass is 937 g/mol. The fourth-order valence-corrected chi connectivity index (χ4v) is 9.21. The minimum atomic E-state index is -4.51. The van der Waals surface area contributed by atoms with Crippen LogP contribution in [0, 0.1) is 0 Å². The van der Waals surface area contributed by atoms with E-state index in [1.54, 1.807) is 65.6 Å². The molecule has 13 nitrogen and oxygen atoms in total. The molecule has 3 amide bonds. The van der Waals surface area contributed by atoms with E-state index in [0.29, 0.717) is 77.1 Å². The molecule has 1 aromatic heterocycles. The Balaban J connectivity index is 0.749. The Bertz CT molecular complexity index is 3150. The number of carboxylic acid groups (broad SMARTS) is 1. The molecule has 0 saturated carbocycles. The molecule has 2 bridgehead atoms. The maximum Gasteiger partial charge on any atom is 0.416 e. The topological polar surface area (TPSA) is 182 Å². The van der Waals surface area contributed by atoms with Crippen molar-refractivity contribution in [2.75, 3.05) is 28.2 Å². The lowest BCUT2D eigenvalue weighted by Crippen LogP contribution is -2.56. The third-order valence-electron chi connectivity index (χ3n) is 12.7. The number of hydrogen-bond acceptors (Lipinski definition) is 9. The van der Waals surface area contributed by atoms with Crippen molar-refractivity contribution in [2.45, 2.75) is 70.1 Å². The van der Waals surface area contributed by atoms with Gasteiger partial charge in [0.05, 0.1) is 28.6 Å². The molecule has 0 spiro atoms. The summed E-state index contributed by atoms with van der Waals surface area (Å²) in [5, 5.41) is 26.8. The first kappa shape index (κ1) is 46.1. The number of Topliss-reactive ketones (excluding diaryl/α,β-unsaturated/α-hetero) is 1. The van der Waals surface area contributed by atoms with Crippen molar-refractivity contribution < 1.29 is 47.0 Å². The minimum absolute atomic E-state index is 0.0647. The number of unbranched alkanes of at least 4 members (excludes halogenated alkanes) is 3. The molecular formula is C53H46F3N5O8. The number of phenolic OH excluding ortho intramolecular Hbond substituents is 1. The molecule has 1 atom stereocenters. The maximum atomic E-state index is 13.9. The molecule has 1 aliphatic carbocycles. The molecule has 0 unspecified atom stereocenters. The normalized spacial score (nSPS) is 14.4. The number of aromatic carboxylic acids is 1. The Hall–Kier alpha value is -8.01. The van der Waals surface area contributed by atoms with Crippen LogP contribution in [0.4, 0.5) is 35.2 Å². The van der Waals surface area contributed by atoms with Gasteiger partial charge in [-0.3, -0.25) is 19.3 Å². The summed E-state index contributed by atoms with van der Waals surface area (Å²) in [5.41, 5.74) is 3.35. The Morgan fingerprint density at radius 3 is 2.39 bits per heavy atom. The summed E-state index contributed by atoms with van der Waals surface area (Å²) in [5.74, 6) is -1.04.